The van der Waals surface area contributed by atoms with Gasteiger partial charge < -0.3 is 4.57 Å². The molecule has 0 unspecified atom stereocenters. The summed E-state index contributed by atoms with van der Waals surface area (Å²) in [7, 11) is 0. The van der Waals surface area contributed by atoms with E-state index >= 15 is 0 Å². The second-order valence-corrected chi connectivity index (χ2v) is 6.19. The molecule has 0 atom stereocenters. The molecule has 0 radical (unpaired) electrons. The third-order valence-electron chi connectivity index (χ3n) is 2.12. The van der Waals surface area contributed by atoms with Crippen LogP contribution in [0.3, 0.4) is 0 Å². The summed E-state index contributed by atoms with van der Waals surface area (Å²) in [6.07, 6.45) is 0. The number of hydrogen-bond donors (Lipinski definition) is 0. The lowest BCUT2D eigenvalue weighted by atomic mass is 10.4. The molecule has 0 N–H and O–H groups in total. The molecule has 0 saturated carbocycles. The average Bonchev–Trinajstić information content (AvgIpc) is 2.84. The molecule has 5 heteroatoms. The van der Waals surface area contributed by atoms with Gasteiger partial charge in [0.25, 0.3) is 0 Å². The van der Waals surface area contributed by atoms with Crippen LogP contribution in [0.2, 0.25) is 0 Å². The maximum absolute atomic E-state index is 4.29. The number of thioether (sulfide) groups is 1. The first-order valence-electron chi connectivity index (χ1n) is 5.36. The Morgan fingerprint density at radius 1 is 1.44 bits per heavy atom. The van der Waals surface area contributed by atoms with Crippen molar-refractivity contribution in [3.63, 3.8) is 0 Å². The lowest BCUT2D eigenvalue weighted by Gasteiger charge is -2.07. The third kappa shape index (κ3) is 2.30. The lowest BCUT2D eigenvalue weighted by molar-refractivity contribution is 0.686. The highest BCUT2D eigenvalue weighted by Crippen LogP contribution is 2.28. The molecule has 86 valence electrons. The van der Waals surface area contributed by atoms with Crippen LogP contribution in [0.4, 0.5) is 0 Å². The van der Waals surface area contributed by atoms with Crippen LogP contribution in [0.25, 0.3) is 10.7 Å². The fraction of sp³-hybridized carbons (Fsp3) is 0.455. The Bertz CT molecular complexity index is 446. The molecule has 16 heavy (non-hydrogen) atoms. The van der Waals surface area contributed by atoms with Crippen LogP contribution in [0.1, 0.15) is 20.8 Å². The Morgan fingerprint density at radius 3 is 2.81 bits per heavy atom. The molecule has 0 fully saturated rings. The first-order valence-corrected chi connectivity index (χ1v) is 7.12. The first kappa shape index (κ1) is 11.7. The Morgan fingerprint density at radius 2 is 2.25 bits per heavy atom. The number of hydrogen-bond acceptors (Lipinski definition) is 4. The Balaban J connectivity index is 2.37. The zero-order valence-electron chi connectivity index (χ0n) is 9.67. The van der Waals surface area contributed by atoms with Crippen molar-refractivity contribution in [1.82, 2.24) is 14.8 Å². The van der Waals surface area contributed by atoms with Gasteiger partial charge in [-0.2, -0.15) is 0 Å². The minimum atomic E-state index is 0.533. The Labute approximate surface area is 104 Å². The van der Waals surface area contributed by atoms with Crippen LogP contribution >= 0.6 is 23.1 Å². The fourth-order valence-electron chi connectivity index (χ4n) is 1.46. The maximum Gasteiger partial charge on any atom is 0.191 e. The van der Waals surface area contributed by atoms with Crippen LogP contribution < -0.4 is 0 Å². The van der Waals surface area contributed by atoms with Crippen LogP contribution in [0.5, 0.6) is 0 Å². The van der Waals surface area contributed by atoms with Gasteiger partial charge in [0.05, 0.1) is 4.88 Å². The van der Waals surface area contributed by atoms with Crippen LogP contribution in [0.15, 0.2) is 22.7 Å². The van der Waals surface area contributed by atoms with E-state index in [1.54, 1.807) is 23.1 Å². The van der Waals surface area contributed by atoms with E-state index in [9.17, 15) is 0 Å². The summed E-state index contributed by atoms with van der Waals surface area (Å²) in [5, 5.41) is 12.2. The van der Waals surface area contributed by atoms with Gasteiger partial charge in [-0.05, 0) is 18.4 Å². The number of rotatable bonds is 4. The highest BCUT2D eigenvalue weighted by Gasteiger charge is 2.14. The van der Waals surface area contributed by atoms with Gasteiger partial charge in [0.1, 0.15) is 0 Å². The molecule has 0 aliphatic heterocycles. The van der Waals surface area contributed by atoms with Crippen molar-refractivity contribution in [2.24, 2.45) is 0 Å². The van der Waals surface area contributed by atoms with E-state index in [1.807, 2.05) is 6.07 Å². The van der Waals surface area contributed by atoms with Gasteiger partial charge in [-0.25, -0.2) is 0 Å². The summed E-state index contributed by atoms with van der Waals surface area (Å²) in [6, 6.07) is 4.13. The van der Waals surface area contributed by atoms with Crippen molar-refractivity contribution in [3.05, 3.63) is 17.5 Å². The summed E-state index contributed by atoms with van der Waals surface area (Å²) in [4.78, 5) is 1.19. The van der Waals surface area contributed by atoms with Gasteiger partial charge >= 0.3 is 0 Å². The molecule has 2 rings (SSSR count). The second-order valence-electron chi connectivity index (χ2n) is 3.69. The quantitative estimate of drug-likeness (QED) is 0.781. The van der Waals surface area contributed by atoms with Gasteiger partial charge in [-0.15, -0.1) is 21.5 Å². The molecule has 0 bridgehead atoms. The third-order valence-corrected chi connectivity index (χ3v) is 3.97. The predicted octanol–water partition coefficient (Wildman–Crippen LogP) is 3.53. The molecule has 3 nitrogen and oxygen atoms in total. The largest absolute Gasteiger partial charge is 0.302 e. The summed E-state index contributed by atoms with van der Waals surface area (Å²) >= 11 is 3.47. The van der Waals surface area contributed by atoms with Crippen molar-refractivity contribution < 1.29 is 0 Å². The van der Waals surface area contributed by atoms with E-state index in [2.05, 4.69) is 47.0 Å². The van der Waals surface area contributed by atoms with Crippen molar-refractivity contribution in [2.45, 2.75) is 37.7 Å². The monoisotopic (exact) mass is 253 g/mol. The standard InChI is InChI=1S/C11H15N3S2/c1-4-14-10(9-6-5-7-15-9)12-13-11(14)16-8(2)3/h5-8H,4H2,1-3H3. The molecule has 0 aliphatic carbocycles. The average molecular weight is 253 g/mol. The highest BCUT2D eigenvalue weighted by atomic mass is 32.2. The SMILES string of the molecule is CCn1c(SC(C)C)nnc1-c1cccs1. The summed E-state index contributed by atoms with van der Waals surface area (Å²) in [5.74, 6) is 0.987. The summed E-state index contributed by atoms with van der Waals surface area (Å²) in [5.41, 5.74) is 0. The van der Waals surface area contributed by atoms with Crippen molar-refractivity contribution in [1.29, 1.82) is 0 Å². The van der Waals surface area contributed by atoms with E-state index in [0.717, 1.165) is 17.5 Å². The van der Waals surface area contributed by atoms with E-state index < -0.39 is 0 Å². The molecular weight excluding hydrogens is 238 g/mol. The molecule has 2 aromatic rings. The van der Waals surface area contributed by atoms with E-state index in [1.165, 1.54) is 4.88 Å². The molecule has 0 saturated heterocycles. The number of thiophene rings is 1. The van der Waals surface area contributed by atoms with Gasteiger partial charge in [0.15, 0.2) is 11.0 Å². The van der Waals surface area contributed by atoms with E-state index in [4.69, 9.17) is 0 Å². The Hall–Kier alpha value is -0.810. The van der Waals surface area contributed by atoms with Gasteiger partial charge in [0.2, 0.25) is 0 Å². The lowest BCUT2D eigenvalue weighted by Crippen LogP contribution is -2.00. The van der Waals surface area contributed by atoms with Crippen LogP contribution in [-0.4, -0.2) is 20.0 Å². The normalized spacial score (nSPS) is 11.2. The maximum atomic E-state index is 4.29. The van der Waals surface area contributed by atoms with Gasteiger partial charge in [0, 0.05) is 11.8 Å². The second kappa shape index (κ2) is 5.01. The van der Waals surface area contributed by atoms with Crippen molar-refractivity contribution in [3.8, 4) is 10.7 Å². The molecule has 0 aromatic carbocycles. The molecule has 2 heterocycles. The predicted molar refractivity (Wildman–Crippen MR) is 70.0 cm³/mol. The minimum absolute atomic E-state index is 0.533. The number of nitrogens with zero attached hydrogens (tertiary/aromatic N) is 3. The van der Waals surface area contributed by atoms with Crippen LogP contribution in [-0.2, 0) is 6.54 Å². The molecule has 2 aromatic heterocycles. The molecule has 0 aliphatic rings. The van der Waals surface area contributed by atoms with Crippen molar-refractivity contribution in [2.75, 3.05) is 0 Å². The summed E-state index contributed by atoms with van der Waals surface area (Å²) in [6.45, 7) is 7.38. The van der Waals surface area contributed by atoms with E-state index in [0.29, 0.717) is 5.25 Å². The molecular formula is C11H15N3S2. The van der Waals surface area contributed by atoms with Crippen LogP contribution in [0, 0.1) is 0 Å². The smallest absolute Gasteiger partial charge is 0.191 e. The molecule has 0 amide bonds. The van der Waals surface area contributed by atoms with E-state index in [-0.39, 0.29) is 0 Å². The minimum Gasteiger partial charge on any atom is -0.302 e. The number of aromatic nitrogens is 3. The zero-order valence-corrected chi connectivity index (χ0v) is 11.3. The highest BCUT2D eigenvalue weighted by molar-refractivity contribution is 7.99. The summed E-state index contributed by atoms with van der Waals surface area (Å²) < 4.78 is 2.18. The topological polar surface area (TPSA) is 30.7 Å². The van der Waals surface area contributed by atoms with Gasteiger partial charge in [-0.1, -0.05) is 31.7 Å². The fourth-order valence-corrected chi connectivity index (χ4v) is 3.03. The molecule has 0 spiro atoms. The first-order chi connectivity index (χ1) is 7.72. The Kier molecular flexibility index (Phi) is 3.66. The van der Waals surface area contributed by atoms with Gasteiger partial charge in [-0.3, -0.25) is 0 Å². The zero-order chi connectivity index (χ0) is 11.5. The van der Waals surface area contributed by atoms with Crippen molar-refractivity contribution >= 4 is 23.1 Å².